The molecular formula is C20H19ClN4O3. The van der Waals surface area contributed by atoms with Crippen LogP contribution in [0.15, 0.2) is 36.4 Å². The van der Waals surface area contributed by atoms with Crippen LogP contribution >= 0.6 is 11.6 Å². The standard InChI is InChI=1S/C20H19ClN4O3/c1-28-12-3-5-15-14(9-12)13(20(27)25-15)6-7-22-19(26)10-18-23-16-4-2-11(21)8-17(16)24-18/h2-5,8-9,13H,6-7,10H2,1H3,(H,22,26)(H,23,24)(H,25,27)/t13-/m0/s1. The molecule has 0 fully saturated rings. The topological polar surface area (TPSA) is 96.1 Å². The number of carbonyl (C=O) groups is 2. The quantitative estimate of drug-likeness (QED) is 0.594. The maximum atomic E-state index is 12.2. The van der Waals surface area contributed by atoms with Crippen molar-refractivity contribution in [3.8, 4) is 5.75 Å². The highest BCUT2D eigenvalue weighted by atomic mass is 35.5. The molecule has 2 heterocycles. The fraction of sp³-hybridized carbons (Fsp3) is 0.250. The number of halogens is 1. The van der Waals surface area contributed by atoms with E-state index in [-0.39, 0.29) is 24.2 Å². The Balaban J connectivity index is 1.35. The van der Waals surface area contributed by atoms with Gasteiger partial charge in [0.1, 0.15) is 11.6 Å². The first-order valence-corrected chi connectivity index (χ1v) is 9.31. The fourth-order valence-corrected chi connectivity index (χ4v) is 3.58. The maximum Gasteiger partial charge on any atom is 0.232 e. The van der Waals surface area contributed by atoms with Crippen LogP contribution in [-0.4, -0.2) is 35.4 Å². The third-order valence-corrected chi connectivity index (χ3v) is 5.02. The Morgan fingerprint density at radius 2 is 2.14 bits per heavy atom. The second-order valence-corrected chi connectivity index (χ2v) is 7.09. The molecule has 0 saturated heterocycles. The van der Waals surface area contributed by atoms with E-state index in [1.165, 1.54) is 0 Å². The summed E-state index contributed by atoms with van der Waals surface area (Å²) in [6.07, 6.45) is 0.640. The molecule has 0 unspecified atom stereocenters. The molecule has 0 bridgehead atoms. The minimum atomic E-state index is -0.307. The molecule has 0 aliphatic carbocycles. The molecule has 0 spiro atoms. The van der Waals surface area contributed by atoms with Gasteiger partial charge in [-0.25, -0.2) is 4.98 Å². The summed E-state index contributed by atoms with van der Waals surface area (Å²) >= 11 is 5.96. The average Bonchev–Trinajstić information content (AvgIpc) is 3.20. The van der Waals surface area contributed by atoms with Crippen LogP contribution in [0.25, 0.3) is 11.0 Å². The van der Waals surface area contributed by atoms with Gasteiger partial charge in [0.15, 0.2) is 0 Å². The van der Waals surface area contributed by atoms with Crippen molar-refractivity contribution in [1.29, 1.82) is 0 Å². The molecule has 1 aliphatic rings. The van der Waals surface area contributed by atoms with Crippen LogP contribution in [-0.2, 0) is 16.0 Å². The summed E-state index contributed by atoms with van der Waals surface area (Å²) in [5.41, 5.74) is 3.25. The molecule has 0 radical (unpaired) electrons. The van der Waals surface area contributed by atoms with E-state index in [1.54, 1.807) is 25.3 Å². The number of carbonyl (C=O) groups excluding carboxylic acids is 2. The highest BCUT2D eigenvalue weighted by Crippen LogP contribution is 2.36. The number of hydrogen-bond acceptors (Lipinski definition) is 4. The number of fused-ring (bicyclic) bond motifs is 2. The van der Waals surface area contributed by atoms with E-state index >= 15 is 0 Å². The van der Waals surface area contributed by atoms with Gasteiger partial charge in [-0.3, -0.25) is 9.59 Å². The van der Waals surface area contributed by atoms with Crippen LogP contribution in [0.2, 0.25) is 5.02 Å². The summed E-state index contributed by atoms with van der Waals surface area (Å²) in [6.45, 7) is 0.389. The molecule has 3 N–H and O–H groups in total. The van der Waals surface area contributed by atoms with Crippen molar-refractivity contribution < 1.29 is 14.3 Å². The number of anilines is 1. The Bertz CT molecular complexity index is 1060. The molecule has 1 atom stereocenters. The zero-order valence-corrected chi connectivity index (χ0v) is 16.0. The number of nitrogens with zero attached hydrogens (tertiary/aromatic N) is 1. The molecule has 8 heteroatoms. The highest BCUT2D eigenvalue weighted by Gasteiger charge is 2.30. The molecule has 3 aromatic rings. The SMILES string of the molecule is COc1ccc2c(c1)[C@H](CCNC(=O)Cc1nc3ccc(Cl)cc3[nH]1)C(=O)N2. The summed E-state index contributed by atoms with van der Waals surface area (Å²) in [5, 5.41) is 6.33. The molecule has 2 amide bonds. The van der Waals surface area contributed by atoms with Crippen molar-refractivity contribution in [3.63, 3.8) is 0 Å². The van der Waals surface area contributed by atoms with Crippen LogP contribution in [0.1, 0.15) is 23.7 Å². The van der Waals surface area contributed by atoms with Crippen molar-refractivity contribution in [2.75, 3.05) is 19.0 Å². The lowest BCUT2D eigenvalue weighted by Crippen LogP contribution is -2.28. The summed E-state index contributed by atoms with van der Waals surface area (Å²) in [6, 6.07) is 10.8. The van der Waals surface area contributed by atoms with Gasteiger partial charge in [-0.2, -0.15) is 0 Å². The van der Waals surface area contributed by atoms with Gasteiger partial charge >= 0.3 is 0 Å². The maximum absolute atomic E-state index is 12.2. The molecule has 1 aromatic heterocycles. The molecule has 4 rings (SSSR count). The number of aromatic nitrogens is 2. The van der Waals surface area contributed by atoms with E-state index in [4.69, 9.17) is 16.3 Å². The van der Waals surface area contributed by atoms with Crippen LogP contribution in [0.4, 0.5) is 5.69 Å². The van der Waals surface area contributed by atoms with Crippen LogP contribution in [0, 0.1) is 0 Å². The van der Waals surface area contributed by atoms with Crippen LogP contribution < -0.4 is 15.4 Å². The lowest BCUT2D eigenvalue weighted by Gasteiger charge is -2.10. The fourth-order valence-electron chi connectivity index (χ4n) is 3.41. The third kappa shape index (κ3) is 3.66. The van der Waals surface area contributed by atoms with Crippen molar-refractivity contribution >= 4 is 40.1 Å². The third-order valence-electron chi connectivity index (χ3n) is 4.78. The minimum absolute atomic E-state index is 0.0633. The Kier molecular flexibility index (Phi) is 4.92. The number of rotatable bonds is 6. The first-order chi connectivity index (χ1) is 13.5. The summed E-state index contributed by atoms with van der Waals surface area (Å²) in [5.74, 6) is 0.748. The van der Waals surface area contributed by atoms with Gasteiger partial charge in [-0.15, -0.1) is 0 Å². The van der Waals surface area contributed by atoms with E-state index in [0.29, 0.717) is 29.6 Å². The van der Waals surface area contributed by atoms with Gasteiger partial charge in [0.25, 0.3) is 0 Å². The smallest absolute Gasteiger partial charge is 0.232 e. The van der Waals surface area contributed by atoms with Crippen LogP contribution in [0.5, 0.6) is 5.75 Å². The van der Waals surface area contributed by atoms with Crippen molar-refractivity contribution in [3.05, 3.63) is 52.8 Å². The first kappa shape index (κ1) is 18.3. The Labute approximate surface area is 166 Å². The van der Waals surface area contributed by atoms with Gasteiger partial charge in [0.2, 0.25) is 11.8 Å². The number of hydrogen-bond donors (Lipinski definition) is 3. The molecule has 28 heavy (non-hydrogen) atoms. The number of amides is 2. The van der Waals surface area contributed by atoms with Crippen molar-refractivity contribution in [2.45, 2.75) is 18.8 Å². The minimum Gasteiger partial charge on any atom is -0.497 e. The second-order valence-electron chi connectivity index (χ2n) is 6.66. The van der Waals surface area contributed by atoms with E-state index in [0.717, 1.165) is 22.3 Å². The predicted octanol–water partition coefficient (Wildman–Crippen LogP) is 3.01. The molecular weight excluding hydrogens is 380 g/mol. The number of benzene rings is 2. The Morgan fingerprint density at radius 3 is 2.96 bits per heavy atom. The largest absolute Gasteiger partial charge is 0.497 e. The monoisotopic (exact) mass is 398 g/mol. The highest BCUT2D eigenvalue weighted by molar-refractivity contribution is 6.31. The number of methoxy groups -OCH3 is 1. The molecule has 7 nitrogen and oxygen atoms in total. The Morgan fingerprint density at radius 1 is 1.29 bits per heavy atom. The zero-order chi connectivity index (χ0) is 19.7. The van der Waals surface area contributed by atoms with Crippen molar-refractivity contribution in [1.82, 2.24) is 15.3 Å². The van der Waals surface area contributed by atoms with Gasteiger partial charge in [-0.05, 0) is 48.4 Å². The lowest BCUT2D eigenvalue weighted by atomic mass is 9.97. The first-order valence-electron chi connectivity index (χ1n) is 8.93. The summed E-state index contributed by atoms with van der Waals surface area (Å²) < 4.78 is 5.24. The predicted molar refractivity (Wildman–Crippen MR) is 107 cm³/mol. The molecule has 1 aliphatic heterocycles. The number of nitrogens with one attached hydrogen (secondary N) is 3. The lowest BCUT2D eigenvalue weighted by molar-refractivity contribution is -0.121. The number of aromatic amines is 1. The number of ether oxygens (including phenoxy) is 1. The number of imidazole rings is 1. The zero-order valence-electron chi connectivity index (χ0n) is 15.2. The molecule has 144 valence electrons. The second kappa shape index (κ2) is 7.52. The normalized spacial score (nSPS) is 15.4. The molecule has 0 saturated carbocycles. The molecule has 2 aromatic carbocycles. The van der Waals surface area contributed by atoms with E-state index in [1.807, 2.05) is 18.2 Å². The Hall–Kier alpha value is -3.06. The van der Waals surface area contributed by atoms with E-state index < -0.39 is 0 Å². The van der Waals surface area contributed by atoms with Crippen LogP contribution in [0.3, 0.4) is 0 Å². The van der Waals surface area contributed by atoms with Gasteiger partial charge < -0.3 is 20.4 Å². The van der Waals surface area contributed by atoms with Crippen molar-refractivity contribution in [2.24, 2.45) is 0 Å². The van der Waals surface area contributed by atoms with E-state index in [9.17, 15) is 9.59 Å². The van der Waals surface area contributed by atoms with Gasteiger partial charge in [-0.1, -0.05) is 11.6 Å². The van der Waals surface area contributed by atoms with E-state index in [2.05, 4.69) is 20.6 Å². The van der Waals surface area contributed by atoms with Gasteiger partial charge in [0.05, 0.1) is 30.5 Å². The summed E-state index contributed by atoms with van der Waals surface area (Å²) in [4.78, 5) is 32.0. The average molecular weight is 399 g/mol. The van der Waals surface area contributed by atoms with Gasteiger partial charge in [0, 0.05) is 17.3 Å². The summed E-state index contributed by atoms with van der Waals surface area (Å²) in [7, 11) is 1.59. The number of H-pyrrole nitrogens is 1.